The van der Waals surface area contributed by atoms with Gasteiger partial charge >= 0.3 is 0 Å². The van der Waals surface area contributed by atoms with Crippen molar-refractivity contribution in [1.29, 1.82) is 0 Å². The molecular weight excluding hydrogens is 358 g/mol. The fourth-order valence-electron chi connectivity index (χ4n) is 1.89. The van der Waals surface area contributed by atoms with Gasteiger partial charge in [-0.1, -0.05) is 41.9 Å². The van der Waals surface area contributed by atoms with Gasteiger partial charge in [0.15, 0.2) is 0 Å². The van der Waals surface area contributed by atoms with Crippen molar-refractivity contribution in [3.63, 3.8) is 0 Å². The highest BCUT2D eigenvalue weighted by atomic mass is 35.5. The van der Waals surface area contributed by atoms with Crippen LogP contribution in [0.15, 0.2) is 46.7 Å². The van der Waals surface area contributed by atoms with E-state index in [4.69, 9.17) is 21.4 Å². The minimum Gasteiger partial charge on any atom is -0.396 e. The number of benzene rings is 1. The summed E-state index contributed by atoms with van der Waals surface area (Å²) in [6.07, 6.45) is -0.0639. The smallest absolute Gasteiger partial charge is 0.250 e. The van der Waals surface area contributed by atoms with Gasteiger partial charge in [-0.3, -0.25) is 0 Å². The minimum atomic E-state index is -3.61. The van der Waals surface area contributed by atoms with Crippen LogP contribution in [-0.2, 0) is 21.4 Å². The average molecular weight is 376 g/mol. The molecule has 1 aromatic heterocycles. The van der Waals surface area contributed by atoms with Gasteiger partial charge in [0.2, 0.25) is 10.0 Å². The number of aliphatic hydroxyl groups excluding tert-OH is 1. The third-order valence-corrected chi connectivity index (χ3v) is 6.24. The van der Waals surface area contributed by atoms with E-state index in [0.717, 1.165) is 16.9 Å². The lowest BCUT2D eigenvalue weighted by molar-refractivity contribution is 0.0277. The van der Waals surface area contributed by atoms with Crippen LogP contribution in [0.3, 0.4) is 0 Å². The summed E-state index contributed by atoms with van der Waals surface area (Å²) in [5.41, 5.74) is 0.989. The molecule has 0 amide bonds. The van der Waals surface area contributed by atoms with E-state index >= 15 is 0 Å². The van der Waals surface area contributed by atoms with Crippen LogP contribution in [0.4, 0.5) is 0 Å². The van der Waals surface area contributed by atoms with Crippen molar-refractivity contribution < 1.29 is 18.3 Å². The van der Waals surface area contributed by atoms with Gasteiger partial charge in [-0.2, -0.15) is 0 Å². The summed E-state index contributed by atoms with van der Waals surface area (Å²) in [6.45, 7) is 0.370. The first-order valence-corrected chi connectivity index (χ1v) is 9.70. The van der Waals surface area contributed by atoms with E-state index in [1.165, 1.54) is 12.1 Å². The van der Waals surface area contributed by atoms with Crippen molar-refractivity contribution in [2.24, 2.45) is 0 Å². The van der Waals surface area contributed by atoms with Crippen LogP contribution < -0.4 is 4.72 Å². The lowest BCUT2D eigenvalue weighted by atomic mass is 10.2. The highest BCUT2D eigenvalue weighted by molar-refractivity contribution is 7.91. The number of halogens is 1. The Morgan fingerprint density at radius 2 is 1.96 bits per heavy atom. The molecule has 126 valence electrons. The number of nitrogens with one attached hydrogen (secondary N) is 1. The third kappa shape index (κ3) is 5.87. The number of hydrogen-bond acceptors (Lipinski definition) is 5. The van der Waals surface area contributed by atoms with E-state index < -0.39 is 16.1 Å². The van der Waals surface area contributed by atoms with Crippen molar-refractivity contribution in [3.05, 3.63) is 52.4 Å². The topological polar surface area (TPSA) is 75.6 Å². The Morgan fingerprint density at radius 1 is 1.22 bits per heavy atom. The second-order valence-corrected chi connectivity index (χ2v) is 8.55. The molecule has 2 rings (SSSR count). The summed E-state index contributed by atoms with van der Waals surface area (Å²) >= 11 is 6.76. The van der Waals surface area contributed by atoms with E-state index in [0.29, 0.717) is 17.4 Å². The van der Waals surface area contributed by atoms with Crippen LogP contribution >= 0.6 is 22.9 Å². The molecule has 0 aliphatic heterocycles. The van der Waals surface area contributed by atoms with Crippen LogP contribution in [0.25, 0.3) is 0 Å². The molecule has 1 heterocycles. The summed E-state index contributed by atoms with van der Waals surface area (Å²) in [5, 5.41) is 9.11. The van der Waals surface area contributed by atoms with Crippen LogP contribution in [-0.4, -0.2) is 32.8 Å². The van der Waals surface area contributed by atoms with E-state index in [1.807, 2.05) is 30.3 Å². The van der Waals surface area contributed by atoms with Crippen molar-refractivity contribution in [2.75, 3.05) is 13.2 Å². The summed E-state index contributed by atoms with van der Waals surface area (Å²) in [6, 6.07) is 12.6. The number of hydrogen-bond donors (Lipinski definition) is 2. The Bertz CT molecular complexity index is 703. The minimum absolute atomic E-state index is 0.0774. The Balaban J connectivity index is 1.91. The van der Waals surface area contributed by atoms with Crippen molar-refractivity contribution in [1.82, 2.24) is 4.72 Å². The maximum Gasteiger partial charge on any atom is 0.250 e. The predicted octanol–water partition coefficient (Wildman–Crippen LogP) is 2.65. The fraction of sp³-hybridized carbons (Fsp3) is 0.333. The molecular formula is C15H18ClNO4S2. The first-order valence-electron chi connectivity index (χ1n) is 7.02. The fourth-order valence-corrected chi connectivity index (χ4v) is 4.49. The SMILES string of the molecule is O=S(=O)(NC[C@H](CCO)OCc1ccccc1)c1ccc(Cl)s1. The van der Waals surface area contributed by atoms with Gasteiger partial charge in [-0.05, 0) is 24.1 Å². The van der Waals surface area contributed by atoms with E-state index in [2.05, 4.69) is 4.72 Å². The van der Waals surface area contributed by atoms with Gasteiger partial charge in [0.05, 0.1) is 17.0 Å². The Kier molecular flexibility index (Phi) is 7.01. The molecule has 1 aromatic carbocycles. The second-order valence-electron chi connectivity index (χ2n) is 4.84. The first-order chi connectivity index (χ1) is 11.0. The molecule has 2 N–H and O–H groups in total. The lowest BCUT2D eigenvalue weighted by Crippen LogP contribution is -2.34. The van der Waals surface area contributed by atoms with Gasteiger partial charge in [-0.25, -0.2) is 13.1 Å². The number of sulfonamides is 1. The summed E-state index contributed by atoms with van der Waals surface area (Å²) < 4.78 is 33.1. The molecule has 0 radical (unpaired) electrons. The highest BCUT2D eigenvalue weighted by Crippen LogP contribution is 2.25. The molecule has 0 aliphatic rings. The quantitative estimate of drug-likeness (QED) is 0.706. The van der Waals surface area contributed by atoms with Crippen molar-refractivity contribution in [3.8, 4) is 0 Å². The lowest BCUT2D eigenvalue weighted by Gasteiger charge is -2.17. The van der Waals surface area contributed by atoms with E-state index in [1.54, 1.807) is 0 Å². The molecule has 2 aromatic rings. The molecule has 0 aliphatic carbocycles. The molecule has 0 spiro atoms. The normalized spacial score (nSPS) is 13.1. The standard InChI is InChI=1S/C15H18ClNO4S2/c16-14-6-7-15(22-14)23(19,20)17-10-13(8-9-18)21-11-12-4-2-1-3-5-12/h1-7,13,17-18H,8-11H2/t13-/m0/s1. The molecule has 0 saturated heterocycles. The number of rotatable bonds is 9. The highest BCUT2D eigenvalue weighted by Gasteiger charge is 2.19. The van der Waals surface area contributed by atoms with Gasteiger partial charge in [-0.15, -0.1) is 11.3 Å². The van der Waals surface area contributed by atoms with Gasteiger partial charge in [0.1, 0.15) is 4.21 Å². The summed E-state index contributed by atoms with van der Waals surface area (Å²) in [5.74, 6) is 0. The second kappa shape index (κ2) is 8.77. The van der Waals surface area contributed by atoms with Crippen LogP contribution in [0.5, 0.6) is 0 Å². The van der Waals surface area contributed by atoms with Crippen LogP contribution in [0, 0.1) is 0 Å². The molecule has 0 bridgehead atoms. The van der Waals surface area contributed by atoms with Gasteiger partial charge < -0.3 is 9.84 Å². The molecule has 1 atom stereocenters. The average Bonchev–Trinajstić information content (AvgIpc) is 2.98. The molecule has 0 fully saturated rings. The van der Waals surface area contributed by atoms with Crippen LogP contribution in [0.2, 0.25) is 4.34 Å². The third-order valence-electron chi connectivity index (χ3n) is 3.09. The zero-order valence-corrected chi connectivity index (χ0v) is 14.7. The van der Waals surface area contributed by atoms with E-state index in [-0.39, 0.29) is 17.4 Å². The molecule has 23 heavy (non-hydrogen) atoms. The maximum atomic E-state index is 12.2. The summed E-state index contributed by atoms with van der Waals surface area (Å²) in [7, 11) is -3.61. The monoisotopic (exact) mass is 375 g/mol. The van der Waals surface area contributed by atoms with E-state index in [9.17, 15) is 8.42 Å². The molecule has 8 heteroatoms. The zero-order chi connectivity index (χ0) is 16.7. The largest absolute Gasteiger partial charge is 0.396 e. The van der Waals surface area contributed by atoms with Crippen LogP contribution in [0.1, 0.15) is 12.0 Å². The van der Waals surface area contributed by atoms with Crippen molar-refractivity contribution in [2.45, 2.75) is 23.3 Å². The Morgan fingerprint density at radius 3 is 2.57 bits per heavy atom. The maximum absolute atomic E-state index is 12.2. The van der Waals surface area contributed by atoms with Crippen molar-refractivity contribution >= 4 is 33.0 Å². The van der Waals surface area contributed by atoms with Gasteiger partial charge in [0, 0.05) is 13.2 Å². The summed E-state index contributed by atoms with van der Waals surface area (Å²) in [4.78, 5) is 0. The molecule has 5 nitrogen and oxygen atoms in total. The predicted molar refractivity (Wildman–Crippen MR) is 91.2 cm³/mol. The Hall–Kier alpha value is -0.960. The number of aliphatic hydroxyl groups is 1. The first kappa shape index (κ1) is 18.4. The Labute approximate surface area is 144 Å². The number of ether oxygens (including phenoxy) is 1. The van der Waals surface area contributed by atoms with Gasteiger partial charge in [0.25, 0.3) is 0 Å². The zero-order valence-electron chi connectivity index (χ0n) is 12.3. The molecule has 0 saturated carbocycles. The molecule has 0 unspecified atom stereocenters. The number of thiophene rings is 1.